The van der Waals surface area contributed by atoms with Crippen molar-refractivity contribution in [3.05, 3.63) is 28.5 Å². The Labute approximate surface area is 121 Å². The van der Waals surface area contributed by atoms with Gasteiger partial charge in [0.25, 0.3) is 0 Å². The zero-order chi connectivity index (χ0) is 14.4. The third-order valence-corrected chi connectivity index (χ3v) is 4.56. The van der Waals surface area contributed by atoms with Crippen LogP contribution in [0.4, 0.5) is 8.78 Å². The molecule has 1 aromatic heterocycles. The average molecular weight is 296 g/mol. The van der Waals surface area contributed by atoms with E-state index in [0.29, 0.717) is 27.6 Å². The maximum atomic E-state index is 13.8. The van der Waals surface area contributed by atoms with Gasteiger partial charge in [-0.25, -0.2) is 8.78 Å². The van der Waals surface area contributed by atoms with Crippen LogP contribution in [0.15, 0.2) is 12.1 Å². The Morgan fingerprint density at radius 2 is 1.80 bits per heavy atom. The second kappa shape index (κ2) is 4.95. The topological polar surface area (TPSA) is 20.7 Å². The summed E-state index contributed by atoms with van der Waals surface area (Å²) in [5.74, 6) is 0.0689. The molecular formula is C15H18F2N2S. The monoisotopic (exact) mass is 296 g/mol. The summed E-state index contributed by atoms with van der Waals surface area (Å²) in [5.41, 5.74) is 0.848. The molecule has 0 bridgehead atoms. The third kappa shape index (κ3) is 2.28. The third-order valence-electron chi connectivity index (χ3n) is 4.26. The number of nitrogens with one attached hydrogen (secondary N) is 1. The molecule has 0 aliphatic heterocycles. The van der Waals surface area contributed by atoms with Crippen LogP contribution in [-0.2, 0) is 0 Å². The van der Waals surface area contributed by atoms with Crippen molar-refractivity contribution in [3.8, 4) is 0 Å². The van der Waals surface area contributed by atoms with E-state index in [9.17, 15) is 8.78 Å². The lowest BCUT2D eigenvalue weighted by Crippen LogP contribution is -2.22. The number of benzene rings is 1. The molecule has 20 heavy (non-hydrogen) atoms. The van der Waals surface area contributed by atoms with Gasteiger partial charge in [0.2, 0.25) is 0 Å². The van der Waals surface area contributed by atoms with E-state index in [0.717, 1.165) is 18.9 Å². The molecule has 1 aromatic carbocycles. The van der Waals surface area contributed by atoms with Gasteiger partial charge in [-0.1, -0.05) is 13.8 Å². The van der Waals surface area contributed by atoms with E-state index in [1.165, 1.54) is 12.5 Å². The fraction of sp³-hybridized carbons (Fsp3) is 0.533. The van der Waals surface area contributed by atoms with Crippen LogP contribution >= 0.6 is 12.2 Å². The minimum atomic E-state index is -0.582. The number of aromatic amines is 1. The first kappa shape index (κ1) is 13.7. The molecule has 0 amide bonds. The van der Waals surface area contributed by atoms with Crippen LogP contribution in [0.3, 0.4) is 0 Å². The number of aromatic nitrogens is 2. The molecular weight excluding hydrogens is 278 g/mol. The minimum Gasteiger partial charge on any atom is -0.328 e. The SMILES string of the molecule is CC1CC(C)CC(n2c(=S)[nH]c3c(F)cc(F)cc32)C1. The molecule has 0 saturated heterocycles. The quantitative estimate of drug-likeness (QED) is 0.736. The zero-order valence-corrected chi connectivity index (χ0v) is 12.4. The average Bonchev–Trinajstić information content (AvgIpc) is 2.64. The molecule has 3 rings (SSSR count). The standard InChI is InChI=1S/C15H18F2N2S/c1-8-3-9(2)5-11(4-8)19-13-7-10(16)6-12(17)14(13)18-15(19)20/h6-9,11H,3-5H2,1-2H3,(H,18,20). The highest BCUT2D eigenvalue weighted by atomic mass is 32.1. The summed E-state index contributed by atoms with van der Waals surface area (Å²) in [7, 11) is 0. The van der Waals surface area contributed by atoms with Gasteiger partial charge in [0.1, 0.15) is 11.3 Å². The predicted molar refractivity (Wildman–Crippen MR) is 78.3 cm³/mol. The summed E-state index contributed by atoms with van der Waals surface area (Å²) in [6.07, 6.45) is 3.21. The second-order valence-electron chi connectivity index (χ2n) is 6.15. The first-order valence-corrected chi connectivity index (χ1v) is 7.45. The molecule has 108 valence electrons. The Hall–Kier alpha value is -1.23. The van der Waals surface area contributed by atoms with Crippen molar-refractivity contribution in [2.75, 3.05) is 0 Å². The van der Waals surface area contributed by atoms with Crippen LogP contribution in [0, 0.1) is 28.2 Å². The Balaban J connectivity index is 2.16. The molecule has 1 fully saturated rings. The van der Waals surface area contributed by atoms with Gasteiger partial charge in [0.15, 0.2) is 10.6 Å². The van der Waals surface area contributed by atoms with Gasteiger partial charge in [-0.2, -0.15) is 0 Å². The number of H-pyrrole nitrogens is 1. The van der Waals surface area contributed by atoms with Crippen LogP contribution in [0.25, 0.3) is 11.0 Å². The molecule has 2 unspecified atom stereocenters. The van der Waals surface area contributed by atoms with Crippen molar-refractivity contribution >= 4 is 23.3 Å². The fourth-order valence-corrected chi connectivity index (χ4v) is 3.98. The summed E-state index contributed by atoms with van der Waals surface area (Å²) >= 11 is 5.33. The van der Waals surface area contributed by atoms with Gasteiger partial charge < -0.3 is 9.55 Å². The smallest absolute Gasteiger partial charge is 0.178 e. The number of hydrogen-bond acceptors (Lipinski definition) is 1. The lowest BCUT2D eigenvalue weighted by atomic mass is 9.80. The summed E-state index contributed by atoms with van der Waals surface area (Å²) in [4.78, 5) is 2.89. The predicted octanol–water partition coefficient (Wildman–Crippen LogP) is 4.97. The molecule has 5 heteroatoms. The first-order valence-electron chi connectivity index (χ1n) is 7.05. The van der Waals surface area contributed by atoms with Crippen molar-refractivity contribution in [3.63, 3.8) is 0 Å². The number of nitrogens with zero attached hydrogens (tertiary/aromatic N) is 1. The van der Waals surface area contributed by atoms with Gasteiger partial charge in [-0.3, -0.25) is 0 Å². The highest BCUT2D eigenvalue weighted by molar-refractivity contribution is 7.71. The van der Waals surface area contributed by atoms with Crippen LogP contribution in [-0.4, -0.2) is 9.55 Å². The molecule has 1 N–H and O–H groups in total. The number of halogens is 2. The number of rotatable bonds is 1. The van der Waals surface area contributed by atoms with E-state index in [-0.39, 0.29) is 6.04 Å². The van der Waals surface area contributed by atoms with Crippen molar-refractivity contribution in [2.45, 2.75) is 39.2 Å². The minimum absolute atomic E-state index is 0.219. The van der Waals surface area contributed by atoms with E-state index in [2.05, 4.69) is 18.8 Å². The first-order chi connectivity index (χ1) is 9.45. The van der Waals surface area contributed by atoms with Crippen molar-refractivity contribution < 1.29 is 8.78 Å². The van der Waals surface area contributed by atoms with Crippen molar-refractivity contribution in [1.82, 2.24) is 9.55 Å². The van der Waals surface area contributed by atoms with Gasteiger partial charge in [0, 0.05) is 12.1 Å². The molecule has 1 heterocycles. The largest absolute Gasteiger partial charge is 0.328 e. The lowest BCUT2D eigenvalue weighted by Gasteiger charge is -2.32. The van der Waals surface area contributed by atoms with E-state index >= 15 is 0 Å². The van der Waals surface area contributed by atoms with Crippen LogP contribution < -0.4 is 0 Å². The Kier molecular flexibility index (Phi) is 3.40. The zero-order valence-electron chi connectivity index (χ0n) is 11.6. The highest BCUT2D eigenvalue weighted by Crippen LogP contribution is 2.38. The van der Waals surface area contributed by atoms with Gasteiger partial charge in [-0.05, 0) is 49.4 Å². The molecule has 1 aliphatic rings. The highest BCUT2D eigenvalue weighted by Gasteiger charge is 2.27. The fourth-order valence-electron chi connectivity index (χ4n) is 3.63. The molecule has 2 nitrogen and oxygen atoms in total. The van der Waals surface area contributed by atoms with Gasteiger partial charge in [-0.15, -0.1) is 0 Å². The normalized spacial score (nSPS) is 27.1. The molecule has 0 spiro atoms. The summed E-state index contributed by atoms with van der Waals surface area (Å²) < 4.78 is 29.7. The van der Waals surface area contributed by atoms with Crippen LogP contribution in [0.5, 0.6) is 0 Å². The summed E-state index contributed by atoms with van der Waals surface area (Å²) in [6.45, 7) is 4.45. The Morgan fingerprint density at radius 1 is 1.15 bits per heavy atom. The maximum Gasteiger partial charge on any atom is 0.178 e. The van der Waals surface area contributed by atoms with Gasteiger partial charge in [0.05, 0.1) is 5.52 Å². The maximum absolute atomic E-state index is 13.8. The summed E-state index contributed by atoms with van der Waals surface area (Å²) in [5, 5.41) is 0. The van der Waals surface area contributed by atoms with Gasteiger partial charge >= 0.3 is 0 Å². The van der Waals surface area contributed by atoms with E-state index in [1.807, 2.05) is 4.57 Å². The molecule has 2 aromatic rings. The summed E-state index contributed by atoms with van der Waals surface area (Å²) in [6, 6.07) is 2.48. The van der Waals surface area contributed by atoms with Crippen LogP contribution in [0.1, 0.15) is 39.2 Å². The van der Waals surface area contributed by atoms with Crippen LogP contribution in [0.2, 0.25) is 0 Å². The number of hydrogen-bond donors (Lipinski definition) is 1. The Bertz CT molecular complexity index is 694. The molecule has 1 saturated carbocycles. The lowest BCUT2D eigenvalue weighted by molar-refractivity contribution is 0.223. The Morgan fingerprint density at radius 3 is 2.45 bits per heavy atom. The number of imidazole rings is 1. The van der Waals surface area contributed by atoms with Crippen molar-refractivity contribution in [2.24, 2.45) is 11.8 Å². The number of fused-ring (bicyclic) bond motifs is 1. The van der Waals surface area contributed by atoms with E-state index < -0.39 is 11.6 Å². The van der Waals surface area contributed by atoms with E-state index in [4.69, 9.17) is 12.2 Å². The molecule has 0 radical (unpaired) electrons. The molecule has 1 aliphatic carbocycles. The second-order valence-corrected chi connectivity index (χ2v) is 6.54. The molecule has 2 atom stereocenters. The van der Waals surface area contributed by atoms with E-state index in [1.54, 1.807) is 0 Å². The van der Waals surface area contributed by atoms with Crippen molar-refractivity contribution in [1.29, 1.82) is 0 Å².